The number of nitrogens with zero attached hydrogens (tertiary/aromatic N) is 1. The van der Waals surface area contributed by atoms with E-state index in [1.807, 2.05) is 30.3 Å². The first kappa shape index (κ1) is 17.8. The molecular weight excluding hydrogens is 353 g/mol. The number of amides is 2. The minimum absolute atomic E-state index is 0.155. The van der Waals surface area contributed by atoms with Crippen LogP contribution < -0.4 is 10.6 Å². The van der Waals surface area contributed by atoms with Gasteiger partial charge in [0.25, 0.3) is 5.91 Å². The van der Waals surface area contributed by atoms with Crippen LogP contribution in [0.2, 0.25) is 0 Å². The smallest absolute Gasteiger partial charge is 0.271 e. The molecule has 1 aromatic heterocycles. The summed E-state index contributed by atoms with van der Waals surface area (Å²) in [5, 5.41) is 7.20. The maximum atomic E-state index is 13.8. The number of benzene rings is 2. The molecule has 26 heavy (non-hydrogen) atoms. The Labute approximate surface area is 153 Å². The van der Waals surface area contributed by atoms with Gasteiger partial charge in [-0.25, -0.2) is 9.37 Å². The Balaban J connectivity index is 1.52. The molecule has 0 aliphatic carbocycles. The predicted octanol–water partition coefficient (Wildman–Crippen LogP) is 3.00. The van der Waals surface area contributed by atoms with Crippen LogP contribution in [-0.4, -0.2) is 23.3 Å². The largest absolute Gasteiger partial charge is 0.350 e. The van der Waals surface area contributed by atoms with Crippen molar-refractivity contribution >= 4 is 23.2 Å². The molecule has 0 spiro atoms. The van der Waals surface area contributed by atoms with E-state index in [-0.39, 0.29) is 18.1 Å². The quantitative estimate of drug-likeness (QED) is 0.702. The normalized spacial score (nSPS) is 10.3. The van der Waals surface area contributed by atoms with Gasteiger partial charge in [-0.1, -0.05) is 42.5 Å². The summed E-state index contributed by atoms with van der Waals surface area (Å²) in [4.78, 5) is 28.1. The van der Waals surface area contributed by atoms with E-state index < -0.39 is 11.7 Å². The van der Waals surface area contributed by atoms with Crippen molar-refractivity contribution in [3.8, 4) is 10.6 Å². The zero-order valence-electron chi connectivity index (χ0n) is 13.7. The molecule has 0 fully saturated rings. The molecule has 0 aliphatic heterocycles. The molecular formula is C19H16FN3O2S. The summed E-state index contributed by atoms with van der Waals surface area (Å²) >= 11 is 1.17. The molecule has 132 valence electrons. The molecule has 0 radical (unpaired) electrons. The van der Waals surface area contributed by atoms with E-state index in [0.717, 1.165) is 5.56 Å². The van der Waals surface area contributed by atoms with Crippen LogP contribution in [0.3, 0.4) is 0 Å². The van der Waals surface area contributed by atoms with Gasteiger partial charge in [-0.05, 0) is 17.7 Å². The van der Waals surface area contributed by atoms with Gasteiger partial charge < -0.3 is 10.6 Å². The lowest BCUT2D eigenvalue weighted by molar-refractivity contribution is -0.120. The molecule has 5 nitrogen and oxygen atoms in total. The number of thiazole rings is 1. The summed E-state index contributed by atoms with van der Waals surface area (Å²) in [6, 6.07) is 15.7. The van der Waals surface area contributed by atoms with Crippen molar-refractivity contribution < 1.29 is 14.0 Å². The van der Waals surface area contributed by atoms with Gasteiger partial charge in [0.2, 0.25) is 5.91 Å². The molecule has 0 saturated carbocycles. The summed E-state index contributed by atoms with van der Waals surface area (Å²) in [5.74, 6) is -1.17. The molecule has 0 unspecified atom stereocenters. The van der Waals surface area contributed by atoms with E-state index in [2.05, 4.69) is 15.6 Å². The van der Waals surface area contributed by atoms with Gasteiger partial charge in [0, 0.05) is 17.5 Å². The van der Waals surface area contributed by atoms with Crippen molar-refractivity contribution in [2.75, 3.05) is 6.54 Å². The lowest BCUT2D eigenvalue weighted by Crippen LogP contribution is -2.36. The topological polar surface area (TPSA) is 71.1 Å². The fraction of sp³-hybridized carbons (Fsp3) is 0.105. The number of nitrogens with one attached hydrogen (secondary N) is 2. The first-order valence-corrected chi connectivity index (χ1v) is 8.80. The Morgan fingerprint density at radius 2 is 1.73 bits per heavy atom. The molecule has 2 amide bonds. The lowest BCUT2D eigenvalue weighted by atomic mass is 10.2. The van der Waals surface area contributed by atoms with Crippen LogP contribution in [0.5, 0.6) is 0 Å². The molecule has 0 aliphatic rings. The Morgan fingerprint density at radius 1 is 1.00 bits per heavy atom. The van der Waals surface area contributed by atoms with Gasteiger partial charge in [-0.2, -0.15) is 0 Å². The molecule has 0 saturated heterocycles. The van der Waals surface area contributed by atoms with Crippen LogP contribution >= 0.6 is 11.3 Å². The minimum Gasteiger partial charge on any atom is -0.350 e. The molecule has 2 aromatic carbocycles. The third kappa shape index (κ3) is 4.52. The number of carbonyl (C=O) groups excluding carboxylic acids is 2. The maximum absolute atomic E-state index is 13.8. The highest BCUT2D eigenvalue weighted by atomic mass is 32.1. The second-order valence-electron chi connectivity index (χ2n) is 5.46. The standard InChI is InChI=1S/C19H16FN3O2S/c20-15-9-5-4-8-14(15)19-23-16(12-26-19)18(25)22-11-17(24)21-10-13-6-2-1-3-7-13/h1-9,12H,10-11H2,(H,21,24)(H,22,25). The Bertz CT molecular complexity index is 912. The summed E-state index contributed by atoms with van der Waals surface area (Å²) in [5.41, 5.74) is 1.47. The van der Waals surface area contributed by atoms with Crippen LogP contribution in [0.4, 0.5) is 4.39 Å². The van der Waals surface area contributed by atoms with Crippen LogP contribution in [0.15, 0.2) is 60.0 Å². The van der Waals surface area contributed by atoms with E-state index in [1.165, 1.54) is 17.4 Å². The molecule has 1 heterocycles. The van der Waals surface area contributed by atoms with Crippen LogP contribution in [0, 0.1) is 5.82 Å². The van der Waals surface area contributed by atoms with Gasteiger partial charge in [0.05, 0.1) is 6.54 Å². The van der Waals surface area contributed by atoms with Crippen molar-refractivity contribution in [3.05, 3.63) is 77.1 Å². The highest BCUT2D eigenvalue weighted by molar-refractivity contribution is 7.13. The molecule has 0 bridgehead atoms. The zero-order chi connectivity index (χ0) is 18.4. The van der Waals surface area contributed by atoms with E-state index >= 15 is 0 Å². The number of halogens is 1. The molecule has 2 N–H and O–H groups in total. The third-order valence-electron chi connectivity index (χ3n) is 3.58. The maximum Gasteiger partial charge on any atom is 0.271 e. The Hall–Kier alpha value is -3.06. The predicted molar refractivity (Wildman–Crippen MR) is 98.1 cm³/mol. The van der Waals surface area contributed by atoms with Gasteiger partial charge in [-0.3, -0.25) is 9.59 Å². The minimum atomic E-state index is -0.473. The van der Waals surface area contributed by atoms with Crippen LogP contribution in [-0.2, 0) is 11.3 Å². The van der Waals surface area contributed by atoms with Crippen molar-refractivity contribution in [2.45, 2.75) is 6.54 Å². The Kier molecular flexibility index (Phi) is 5.70. The molecule has 7 heteroatoms. The first-order valence-electron chi connectivity index (χ1n) is 7.93. The third-order valence-corrected chi connectivity index (χ3v) is 4.46. The highest BCUT2D eigenvalue weighted by Crippen LogP contribution is 2.25. The fourth-order valence-corrected chi connectivity index (χ4v) is 3.07. The van der Waals surface area contributed by atoms with Gasteiger partial charge in [0.1, 0.15) is 16.5 Å². The Morgan fingerprint density at radius 3 is 2.50 bits per heavy atom. The molecule has 0 atom stereocenters. The number of carbonyl (C=O) groups is 2. The SMILES string of the molecule is O=C(CNC(=O)c1csc(-c2ccccc2F)n1)NCc1ccccc1. The first-order chi connectivity index (χ1) is 12.6. The number of hydrogen-bond donors (Lipinski definition) is 2. The van der Waals surface area contributed by atoms with E-state index in [0.29, 0.717) is 17.1 Å². The zero-order valence-corrected chi connectivity index (χ0v) is 14.6. The van der Waals surface area contributed by atoms with Crippen molar-refractivity contribution in [1.29, 1.82) is 0 Å². The van der Waals surface area contributed by atoms with E-state index in [1.54, 1.807) is 23.6 Å². The summed E-state index contributed by atoms with van der Waals surface area (Å²) in [7, 11) is 0. The molecule has 3 rings (SSSR count). The highest BCUT2D eigenvalue weighted by Gasteiger charge is 2.14. The van der Waals surface area contributed by atoms with Gasteiger partial charge in [0.15, 0.2) is 0 Å². The monoisotopic (exact) mass is 369 g/mol. The van der Waals surface area contributed by atoms with E-state index in [4.69, 9.17) is 0 Å². The number of aromatic nitrogens is 1. The van der Waals surface area contributed by atoms with Gasteiger partial charge >= 0.3 is 0 Å². The average Bonchev–Trinajstić information content (AvgIpc) is 3.15. The van der Waals surface area contributed by atoms with Crippen molar-refractivity contribution in [3.63, 3.8) is 0 Å². The summed E-state index contributed by atoms with van der Waals surface area (Å²) in [6.45, 7) is 0.238. The van der Waals surface area contributed by atoms with Gasteiger partial charge in [-0.15, -0.1) is 11.3 Å². The second kappa shape index (κ2) is 8.35. The van der Waals surface area contributed by atoms with Crippen LogP contribution in [0.25, 0.3) is 10.6 Å². The molecule has 3 aromatic rings. The lowest BCUT2D eigenvalue weighted by Gasteiger charge is -2.06. The summed E-state index contributed by atoms with van der Waals surface area (Å²) < 4.78 is 13.8. The fourth-order valence-electron chi connectivity index (χ4n) is 2.25. The van der Waals surface area contributed by atoms with Crippen molar-refractivity contribution in [1.82, 2.24) is 15.6 Å². The van der Waals surface area contributed by atoms with E-state index in [9.17, 15) is 14.0 Å². The number of hydrogen-bond acceptors (Lipinski definition) is 4. The van der Waals surface area contributed by atoms with Crippen LogP contribution in [0.1, 0.15) is 16.1 Å². The summed E-state index contributed by atoms with van der Waals surface area (Å²) in [6.07, 6.45) is 0. The second-order valence-corrected chi connectivity index (χ2v) is 6.32. The number of rotatable bonds is 6. The average molecular weight is 369 g/mol. The van der Waals surface area contributed by atoms with Crippen molar-refractivity contribution in [2.24, 2.45) is 0 Å².